The first kappa shape index (κ1) is 21.2. The average Bonchev–Trinajstić information content (AvgIpc) is 2.79. The molecule has 0 radical (unpaired) electrons. The standard InChI is InChI=1S/C27H32NOP/c1-20(2)24-18-17-21(3)26(25-16-10-11-19-28-25)27(24)29-30(22-12-6-4-7-13-22)23-14-8-5-9-15-23/h4-16,19-21,24,26-27H,17-18H2,1-3H3/t21?,24-,26+,27+/m0/s1. The topological polar surface area (TPSA) is 22.1 Å². The van der Waals surface area contributed by atoms with Gasteiger partial charge in [0, 0.05) is 28.4 Å². The van der Waals surface area contributed by atoms with E-state index in [1.807, 2.05) is 12.3 Å². The summed E-state index contributed by atoms with van der Waals surface area (Å²) in [6.07, 6.45) is 4.54. The molecule has 3 heteroatoms. The van der Waals surface area contributed by atoms with Gasteiger partial charge in [0.2, 0.25) is 0 Å². The van der Waals surface area contributed by atoms with Crippen LogP contribution in [-0.2, 0) is 4.52 Å². The normalized spacial score (nSPS) is 24.3. The van der Waals surface area contributed by atoms with Crippen LogP contribution in [0.3, 0.4) is 0 Å². The number of aromatic nitrogens is 1. The molecule has 1 heterocycles. The van der Waals surface area contributed by atoms with E-state index in [1.54, 1.807) is 0 Å². The fraction of sp³-hybridized carbons (Fsp3) is 0.370. The Kier molecular flexibility index (Phi) is 6.97. The fourth-order valence-electron chi connectivity index (χ4n) is 4.80. The number of hydrogen-bond donors (Lipinski definition) is 0. The maximum Gasteiger partial charge on any atom is 0.0922 e. The first-order valence-electron chi connectivity index (χ1n) is 11.1. The molecule has 4 rings (SSSR count). The van der Waals surface area contributed by atoms with E-state index in [0.717, 1.165) is 0 Å². The van der Waals surface area contributed by atoms with Crippen LogP contribution in [0.2, 0.25) is 0 Å². The average molecular weight is 418 g/mol. The van der Waals surface area contributed by atoms with E-state index in [1.165, 1.54) is 29.1 Å². The third kappa shape index (κ3) is 4.66. The van der Waals surface area contributed by atoms with Crippen LogP contribution in [-0.4, -0.2) is 11.1 Å². The van der Waals surface area contributed by atoms with Gasteiger partial charge < -0.3 is 4.52 Å². The maximum absolute atomic E-state index is 7.20. The molecular formula is C27H32NOP. The summed E-state index contributed by atoms with van der Waals surface area (Å²) in [4.78, 5) is 4.78. The monoisotopic (exact) mass is 417 g/mol. The minimum Gasteiger partial charge on any atom is -0.345 e. The molecule has 1 aliphatic rings. The molecule has 0 spiro atoms. The minimum absolute atomic E-state index is 0.162. The van der Waals surface area contributed by atoms with Crippen molar-refractivity contribution in [2.75, 3.05) is 0 Å². The van der Waals surface area contributed by atoms with Crippen molar-refractivity contribution in [2.45, 2.75) is 45.6 Å². The summed E-state index contributed by atoms with van der Waals surface area (Å²) in [7, 11) is -0.889. The van der Waals surface area contributed by atoms with Crippen LogP contribution in [0.5, 0.6) is 0 Å². The van der Waals surface area contributed by atoms with E-state index in [2.05, 4.69) is 93.6 Å². The smallest absolute Gasteiger partial charge is 0.0922 e. The Labute approximate surface area is 182 Å². The summed E-state index contributed by atoms with van der Waals surface area (Å²) in [5.74, 6) is 2.00. The lowest BCUT2D eigenvalue weighted by Crippen LogP contribution is -2.41. The van der Waals surface area contributed by atoms with Gasteiger partial charge in [-0.25, -0.2) is 0 Å². The van der Waals surface area contributed by atoms with Crippen LogP contribution >= 0.6 is 8.15 Å². The Bertz CT molecular complexity index is 860. The number of nitrogens with zero attached hydrogens (tertiary/aromatic N) is 1. The lowest BCUT2D eigenvalue weighted by Gasteiger charge is -2.44. The Hall–Kier alpha value is -2.02. The molecule has 0 N–H and O–H groups in total. The number of rotatable bonds is 6. The highest BCUT2D eigenvalue weighted by molar-refractivity contribution is 7.68. The van der Waals surface area contributed by atoms with Crippen molar-refractivity contribution in [3.05, 3.63) is 90.8 Å². The highest BCUT2D eigenvalue weighted by Gasteiger charge is 2.42. The molecular weight excluding hydrogens is 385 g/mol. The largest absolute Gasteiger partial charge is 0.345 e. The van der Waals surface area contributed by atoms with Crippen LogP contribution in [0, 0.1) is 17.8 Å². The number of pyridine rings is 1. The summed E-state index contributed by atoms with van der Waals surface area (Å²) < 4.78 is 7.20. The molecule has 0 bridgehead atoms. The summed E-state index contributed by atoms with van der Waals surface area (Å²) >= 11 is 0. The van der Waals surface area contributed by atoms with E-state index in [0.29, 0.717) is 23.7 Å². The van der Waals surface area contributed by atoms with Gasteiger partial charge in [0.05, 0.1) is 14.3 Å². The molecule has 1 unspecified atom stereocenters. The van der Waals surface area contributed by atoms with Gasteiger partial charge >= 0.3 is 0 Å². The first-order valence-corrected chi connectivity index (χ1v) is 12.4. The second-order valence-corrected chi connectivity index (χ2v) is 10.6. The Balaban J connectivity index is 1.75. The zero-order valence-electron chi connectivity index (χ0n) is 18.2. The van der Waals surface area contributed by atoms with Crippen LogP contribution in [0.15, 0.2) is 85.1 Å². The van der Waals surface area contributed by atoms with E-state index >= 15 is 0 Å². The molecule has 1 fully saturated rings. The molecule has 4 atom stereocenters. The molecule has 3 aromatic rings. The molecule has 1 aromatic heterocycles. The lowest BCUT2D eigenvalue weighted by atomic mass is 9.68. The van der Waals surface area contributed by atoms with Gasteiger partial charge in [-0.2, -0.15) is 0 Å². The van der Waals surface area contributed by atoms with Gasteiger partial charge in [0.25, 0.3) is 0 Å². The van der Waals surface area contributed by atoms with E-state index in [-0.39, 0.29) is 6.10 Å². The first-order chi connectivity index (χ1) is 14.6. The molecule has 0 amide bonds. The summed E-state index contributed by atoms with van der Waals surface area (Å²) in [5.41, 5.74) is 1.18. The van der Waals surface area contributed by atoms with Crippen molar-refractivity contribution in [1.29, 1.82) is 0 Å². The Morgan fingerprint density at radius 3 is 1.97 bits per heavy atom. The van der Waals surface area contributed by atoms with Crippen molar-refractivity contribution in [3.63, 3.8) is 0 Å². The molecule has 30 heavy (non-hydrogen) atoms. The van der Waals surface area contributed by atoms with Gasteiger partial charge in [-0.3, -0.25) is 4.98 Å². The van der Waals surface area contributed by atoms with Gasteiger partial charge in [-0.05, 0) is 42.7 Å². The predicted octanol–water partition coefficient (Wildman–Crippen LogP) is 6.30. The molecule has 1 saturated carbocycles. The van der Waals surface area contributed by atoms with E-state index in [4.69, 9.17) is 9.51 Å². The summed E-state index contributed by atoms with van der Waals surface area (Å²) in [6.45, 7) is 7.07. The summed E-state index contributed by atoms with van der Waals surface area (Å²) in [6, 6.07) is 27.8. The quantitative estimate of drug-likeness (QED) is 0.439. The van der Waals surface area contributed by atoms with Gasteiger partial charge in [0.1, 0.15) is 0 Å². The molecule has 156 valence electrons. The van der Waals surface area contributed by atoms with Crippen LogP contribution < -0.4 is 10.6 Å². The molecule has 0 aliphatic heterocycles. The van der Waals surface area contributed by atoms with Crippen molar-refractivity contribution in [3.8, 4) is 0 Å². The molecule has 2 nitrogen and oxygen atoms in total. The van der Waals surface area contributed by atoms with Gasteiger partial charge in [-0.1, -0.05) is 87.5 Å². The van der Waals surface area contributed by atoms with E-state index in [9.17, 15) is 0 Å². The van der Waals surface area contributed by atoms with Crippen LogP contribution in [0.1, 0.15) is 45.2 Å². The molecule has 0 saturated heterocycles. The zero-order valence-corrected chi connectivity index (χ0v) is 19.1. The highest BCUT2D eigenvalue weighted by atomic mass is 31.1. The Morgan fingerprint density at radius 1 is 0.833 bits per heavy atom. The molecule has 2 aromatic carbocycles. The maximum atomic E-state index is 7.20. The third-order valence-corrected chi connectivity index (χ3v) is 8.43. The van der Waals surface area contributed by atoms with Crippen molar-refractivity contribution in [1.82, 2.24) is 4.98 Å². The van der Waals surface area contributed by atoms with E-state index < -0.39 is 8.15 Å². The number of hydrogen-bond acceptors (Lipinski definition) is 2. The Morgan fingerprint density at radius 2 is 1.43 bits per heavy atom. The van der Waals surface area contributed by atoms with Gasteiger partial charge in [-0.15, -0.1) is 0 Å². The minimum atomic E-state index is -0.889. The fourth-order valence-corrected chi connectivity index (χ4v) is 6.76. The lowest BCUT2D eigenvalue weighted by molar-refractivity contribution is 0.0328. The van der Waals surface area contributed by atoms with Gasteiger partial charge in [0.15, 0.2) is 0 Å². The SMILES string of the molecule is CC(C)[C@@H]1CCC(C)[C@H](c2ccccn2)[C@@H]1OP(c1ccccc1)c1ccccc1. The van der Waals surface area contributed by atoms with Crippen LogP contribution in [0.4, 0.5) is 0 Å². The number of benzene rings is 2. The van der Waals surface area contributed by atoms with Crippen molar-refractivity contribution < 1.29 is 4.52 Å². The third-order valence-electron chi connectivity index (χ3n) is 6.44. The van der Waals surface area contributed by atoms with Crippen molar-refractivity contribution in [2.24, 2.45) is 17.8 Å². The van der Waals surface area contributed by atoms with Crippen molar-refractivity contribution >= 4 is 18.8 Å². The predicted molar refractivity (Wildman–Crippen MR) is 128 cm³/mol. The second kappa shape index (κ2) is 9.86. The van der Waals surface area contributed by atoms with Crippen LogP contribution in [0.25, 0.3) is 0 Å². The second-order valence-electron chi connectivity index (χ2n) is 8.78. The highest BCUT2D eigenvalue weighted by Crippen LogP contribution is 2.49. The summed E-state index contributed by atoms with van der Waals surface area (Å²) in [5, 5.41) is 2.55. The molecule has 1 aliphatic carbocycles. The zero-order chi connectivity index (χ0) is 20.9.